The van der Waals surface area contributed by atoms with Crippen LogP contribution in [0.25, 0.3) is 0 Å². The molecule has 10 heteroatoms. The predicted octanol–water partition coefficient (Wildman–Crippen LogP) is 0.551. The van der Waals surface area contributed by atoms with Crippen LogP contribution < -0.4 is 0 Å². The summed E-state index contributed by atoms with van der Waals surface area (Å²) in [6, 6.07) is 1.41. The minimum atomic E-state index is -3.71. The molecule has 8 nitrogen and oxygen atoms in total. The van der Waals surface area contributed by atoms with E-state index in [0.29, 0.717) is 24.5 Å². The maximum absolute atomic E-state index is 12.6. The number of fused-ring (bicyclic) bond motifs is 1. The molecule has 1 aliphatic rings. The van der Waals surface area contributed by atoms with Crippen molar-refractivity contribution in [2.75, 3.05) is 6.54 Å². The summed E-state index contributed by atoms with van der Waals surface area (Å²) in [5.41, 5.74) is 0.450. The fourth-order valence-electron chi connectivity index (χ4n) is 2.17. The van der Waals surface area contributed by atoms with Crippen LogP contribution in [0.1, 0.15) is 21.1 Å². The van der Waals surface area contributed by atoms with Gasteiger partial charge in [-0.2, -0.15) is 4.31 Å². The van der Waals surface area contributed by atoms with Gasteiger partial charge in [0, 0.05) is 13.1 Å². The van der Waals surface area contributed by atoms with Gasteiger partial charge in [-0.1, -0.05) is 0 Å². The van der Waals surface area contributed by atoms with Gasteiger partial charge in [0.1, 0.15) is 21.2 Å². The van der Waals surface area contributed by atoms with Gasteiger partial charge in [0.05, 0.1) is 6.54 Å². The first-order valence-corrected chi connectivity index (χ1v) is 8.36. The third-order valence-corrected chi connectivity index (χ3v) is 6.81. The Hall–Kier alpha value is -1.78. The van der Waals surface area contributed by atoms with Gasteiger partial charge in [0.15, 0.2) is 0 Å². The van der Waals surface area contributed by atoms with Crippen molar-refractivity contribution in [3.05, 3.63) is 28.7 Å². The van der Waals surface area contributed by atoms with Crippen LogP contribution in [-0.2, 0) is 23.1 Å². The fourth-order valence-corrected chi connectivity index (χ4v) is 5.09. The van der Waals surface area contributed by atoms with Crippen molar-refractivity contribution in [1.82, 2.24) is 19.1 Å². The second kappa shape index (κ2) is 4.90. The maximum Gasteiger partial charge on any atom is 0.346 e. The molecule has 0 amide bonds. The largest absolute Gasteiger partial charge is 0.477 e. The lowest BCUT2D eigenvalue weighted by molar-refractivity contribution is 0.0701. The zero-order valence-electron chi connectivity index (χ0n) is 11.1. The summed E-state index contributed by atoms with van der Waals surface area (Å²) in [6.07, 6.45) is 1.57. The number of carbonyl (C=O) groups is 1. The molecule has 0 saturated carbocycles. The Bertz CT molecular complexity index is 808. The van der Waals surface area contributed by atoms with E-state index < -0.39 is 16.0 Å². The molecule has 0 aliphatic carbocycles. The number of rotatable bonds is 3. The number of carboxylic acids is 1. The molecular weight excluding hydrogens is 316 g/mol. The quantitative estimate of drug-likeness (QED) is 0.882. The molecule has 3 heterocycles. The van der Waals surface area contributed by atoms with Gasteiger partial charge in [-0.05, 0) is 18.6 Å². The number of aryl methyl sites for hydroxylation is 1. The molecule has 1 aliphatic heterocycles. The molecule has 0 spiro atoms. The summed E-state index contributed by atoms with van der Waals surface area (Å²) >= 11 is 0.780. The van der Waals surface area contributed by atoms with Crippen LogP contribution >= 0.6 is 11.3 Å². The predicted molar refractivity (Wildman–Crippen MR) is 73.6 cm³/mol. The average Bonchev–Trinajstić information content (AvgIpc) is 3.03. The third kappa shape index (κ3) is 2.34. The number of aromatic carboxylic acids is 1. The zero-order valence-corrected chi connectivity index (χ0v) is 12.7. The van der Waals surface area contributed by atoms with Gasteiger partial charge in [-0.15, -0.1) is 21.5 Å². The van der Waals surface area contributed by atoms with E-state index in [2.05, 4.69) is 10.2 Å². The highest BCUT2D eigenvalue weighted by Gasteiger charge is 2.31. The summed E-state index contributed by atoms with van der Waals surface area (Å²) in [4.78, 5) is 11.1. The van der Waals surface area contributed by atoms with Gasteiger partial charge < -0.3 is 9.67 Å². The lowest BCUT2D eigenvalue weighted by Gasteiger charge is -2.25. The molecule has 2 aromatic rings. The van der Waals surface area contributed by atoms with E-state index in [4.69, 9.17) is 5.11 Å². The number of hydrogen-bond acceptors (Lipinski definition) is 6. The highest BCUT2D eigenvalue weighted by atomic mass is 32.2. The van der Waals surface area contributed by atoms with Crippen LogP contribution in [0.3, 0.4) is 0 Å². The molecule has 21 heavy (non-hydrogen) atoms. The van der Waals surface area contributed by atoms with Crippen molar-refractivity contribution in [3.63, 3.8) is 0 Å². The standard InChI is InChI=1S/C11H12N4O4S2/c1-7-4-9(20-10(7)11(16)17)21(18,19)15-3-2-14-6-12-13-8(14)5-15/h4,6H,2-3,5H2,1H3,(H,16,17). The first-order valence-electron chi connectivity index (χ1n) is 6.10. The van der Waals surface area contributed by atoms with E-state index >= 15 is 0 Å². The molecule has 2 aromatic heterocycles. The van der Waals surface area contributed by atoms with Crippen LogP contribution in [-0.4, -0.2) is 45.1 Å². The van der Waals surface area contributed by atoms with E-state index in [1.54, 1.807) is 17.8 Å². The average molecular weight is 328 g/mol. The Balaban J connectivity index is 1.95. The van der Waals surface area contributed by atoms with E-state index in [1.807, 2.05) is 0 Å². The summed E-state index contributed by atoms with van der Waals surface area (Å²) in [7, 11) is -3.71. The molecule has 3 rings (SSSR count). The summed E-state index contributed by atoms with van der Waals surface area (Å²) in [5.74, 6) is -0.533. The maximum atomic E-state index is 12.6. The topological polar surface area (TPSA) is 105 Å². The van der Waals surface area contributed by atoms with Gasteiger partial charge in [0.2, 0.25) is 0 Å². The van der Waals surface area contributed by atoms with Gasteiger partial charge in [-0.3, -0.25) is 0 Å². The van der Waals surface area contributed by atoms with Gasteiger partial charge >= 0.3 is 5.97 Å². The fraction of sp³-hybridized carbons (Fsp3) is 0.364. The van der Waals surface area contributed by atoms with E-state index in [-0.39, 0.29) is 15.6 Å². The number of carboxylic acid groups (broad SMARTS) is 1. The van der Waals surface area contributed by atoms with Gasteiger partial charge in [-0.25, -0.2) is 13.2 Å². The van der Waals surface area contributed by atoms with Crippen LogP contribution in [0.4, 0.5) is 0 Å². The highest BCUT2D eigenvalue weighted by molar-refractivity contribution is 7.91. The molecule has 112 valence electrons. The molecule has 0 unspecified atom stereocenters. The summed E-state index contributed by atoms with van der Waals surface area (Å²) in [5, 5.41) is 16.7. The number of aromatic nitrogens is 3. The first kappa shape index (κ1) is 14.2. The Kier molecular flexibility index (Phi) is 3.30. The second-order valence-corrected chi connectivity index (χ2v) is 7.88. The smallest absolute Gasteiger partial charge is 0.346 e. The van der Waals surface area contributed by atoms with Crippen molar-refractivity contribution in [3.8, 4) is 0 Å². The normalized spacial score (nSPS) is 15.9. The first-order chi connectivity index (χ1) is 9.89. The van der Waals surface area contributed by atoms with Crippen molar-refractivity contribution in [2.45, 2.75) is 24.2 Å². The highest BCUT2D eigenvalue weighted by Crippen LogP contribution is 2.29. The van der Waals surface area contributed by atoms with Crippen molar-refractivity contribution < 1.29 is 18.3 Å². The minimum absolute atomic E-state index is 0.0466. The van der Waals surface area contributed by atoms with Crippen molar-refractivity contribution in [2.24, 2.45) is 0 Å². The van der Waals surface area contributed by atoms with E-state index in [9.17, 15) is 13.2 Å². The van der Waals surface area contributed by atoms with Crippen LogP contribution in [0, 0.1) is 6.92 Å². The Morgan fingerprint density at radius 3 is 2.86 bits per heavy atom. The van der Waals surface area contributed by atoms with E-state index in [1.165, 1.54) is 10.4 Å². The van der Waals surface area contributed by atoms with E-state index in [0.717, 1.165) is 11.3 Å². The molecule has 0 atom stereocenters. The van der Waals surface area contributed by atoms with Gasteiger partial charge in [0.25, 0.3) is 10.0 Å². The lowest BCUT2D eigenvalue weighted by atomic mass is 10.3. The molecule has 0 aromatic carbocycles. The number of hydrogen-bond donors (Lipinski definition) is 1. The molecule has 0 fully saturated rings. The number of sulfonamides is 1. The van der Waals surface area contributed by atoms with Crippen LogP contribution in [0.15, 0.2) is 16.6 Å². The zero-order chi connectivity index (χ0) is 15.2. The van der Waals surface area contributed by atoms with Crippen LogP contribution in [0.5, 0.6) is 0 Å². The SMILES string of the molecule is Cc1cc(S(=O)(=O)N2CCn3cnnc3C2)sc1C(=O)O. The molecule has 0 bridgehead atoms. The minimum Gasteiger partial charge on any atom is -0.477 e. The summed E-state index contributed by atoms with van der Waals surface area (Å²) < 4.78 is 28.3. The van der Waals surface area contributed by atoms with Crippen molar-refractivity contribution in [1.29, 1.82) is 0 Å². The Morgan fingerprint density at radius 1 is 1.43 bits per heavy atom. The second-order valence-electron chi connectivity index (χ2n) is 4.66. The molecular formula is C11H12N4O4S2. The molecule has 0 radical (unpaired) electrons. The summed E-state index contributed by atoms with van der Waals surface area (Å²) in [6.45, 7) is 2.53. The Morgan fingerprint density at radius 2 is 2.19 bits per heavy atom. The Labute approximate surface area is 124 Å². The monoisotopic (exact) mass is 328 g/mol. The van der Waals surface area contributed by atoms with Crippen LogP contribution in [0.2, 0.25) is 0 Å². The van der Waals surface area contributed by atoms with Crippen molar-refractivity contribution >= 4 is 27.3 Å². The molecule has 0 saturated heterocycles. The lowest BCUT2D eigenvalue weighted by Crippen LogP contribution is -2.37. The third-order valence-electron chi connectivity index (χ3n) is 3.29. The number of thiophene rings is 1. The number of nitrogens with zero attached hydrogens (tertiary/aromatic N) is 4. The molecule has 1 N–H and O–H groups in total.